The van der Waals surface area contributed by atoms with E-state index >= 15 is 0 Å². The first kappa shape index (κ1) is 11.5. The van der Waals surface area contributed by atoms with Gasteiger partial charge in [0.15, 0.2) is 0 Å². The van der Waals surface area contributed by atoms with Gasteiger partial charge in [-0.05, 0) is 19.8 Å². The topological polar surface area (TPSA) is 66.6 Å². The van der Waals surface area contributed by atoms with Gasteiger partial charge in [0.25, 0.3) is 0 Å². The van der Waals surface area contributed by atoms with Crippen molar-refractivity contribution in [2.75, 3.05) is 13.2 Å². The molecule has 1 rings (SSSR count). The number of carbonyl (C=O) groups is 1. The van der Waals surface area contributed by atoms with Crippen LogP contribution in [0.3, 0.4) is 0 Å². The molecule has 0 heterocycles. The molecule has 0 radical (unpaired) electrons. The number of aliphatic hydroxyl groups excluding tert-OH is 1. The predicted molar refractivity (Wildman–Crippen MR) is 54.7 cm³/mol. The fraction of sp³-hybridized carbons (Fsp3) is 0.900. The molecule has 4 nitrogen and oxygen atoms in total. The monoisotopic (exact) mass is 200 g/mol. The van der Waals surface area contributed by atoms with Gasteiger partial charge in [0.1, 0.15) is 0 Å². The molecule has 0 aromatic carbocycles. The van der Waals surface area contributed by atoms with Crippen LogP contribution in [-0.2, 0) is 4.79 Å². The molecule has 14 heavy (non-hydrogen) atoms. The van der Waals surface area contributed by atoms with Crippen molar-refractivity contribution in [2.45, 2.75) is 44.7 Å². The molecule has 0 aromatic rings. The zero-order valence-corrected chi connectivity index (χ0v) is 8.78. The molecule has 1 amide bonds. The van der Waals surface area contributed by atoms with Crippen molar-refractivity contribution in [1.82, 2.24) is 4.90 Å². The van der Waals surface area contributed by atoms with Gasteiger partial charge in [-0.2, -0.15) is 0 Å². The minimum atomic E-state index is -0.456. The minimum Gasteiger partial charge on any atom is -0.395 e. The lowest BCUT2D eigenvalue weighted by Crippen LogP contribution is -2.47. The van der Waals surface area contributed by atoms with Gasteiger partial charge < -0.3 is 15.7 Å². The van der Waals surface area contributed by atoms with E-state index in [1.54, 1.807) is 11.8 Å². The standard InChI is InChI=1S/C10H20N2O2/c1-8(11)10(14)12(6-7-13)9-4-2-3-5-9/h8-9,13H,2-7,11H2,1H3/t8-/m0/s1. The lowest BCUT2D eigenvalue weighted by molar-refractivity contribution is -0.135. The molecule has 1 saturated carbocycles. The highest BCUT2D eigenvalue weighted by molar-refractivity contribution is 5.81. The molecule has 0 unspecified atom stereocenters. The molecule has 1 atom stereocenters. The van der Waals surface area contributed by atoms with Crippen molar-refractivity contribution in [3.8, 4) is 0 Å². The number of nitrogens with zero attached hydrogens (tertiary/aromatic N) is 1. The molecular weight excluding hydrogens is 180 g/mol. The van der Waals surface area contributed by atoms with Gasteiger partial charge in [0, 0.05) is 12.6 Å². The lowest BCUT2D eigenvalue weighted by Gasteiger charge is -2.29. The highest BCUT2D eigenvalue weighted by Gasteiger charge is 2.27. The van der Waals surface area contributed by atoms with E-state index in [2.05, 4.69) is 0 Å². The maximum atomic E-state index is 11.7. The zero-order valence-electron chi connectivity index (χ0n) is 8.78. The van der Waals surface area contributed by atoms with Crippen LogP contribution in [0.5, 0.6) is 0 Å². The summed E-state index contributed by atoms with van der Waals surface area (Å²) in [6.45, 7) is 2.14. The first-order valence-electron chi connectivity index (χ1n) is 5.33. The Morgan fingerprint density at radius 2 is 2.14 bits per heavy atom. The highest BCUT2D eigenvalue weighted by Crippen LogP contribution is 2.23. The number of hydrogen-bond donors (Lipinski definition) is 2. The molecule has 1 aliphatic rings. The normalized spacial score (nSPS) is 19.6. The summed E-state index contributed by atoms with van der Waals surface area (Å²) >= 11 is 0. The second kappa shape index (κ2) is 5.32. The van der Waals surface area contributed by atoms with E-state index in [9.17, 15) is 4.79 Å². The van der Waals surface area contributed by atoms with Gasteiger partial charge >= 0.3 is 0 Å². The quantitative estimate of drug-likeness (QED) is 0.676. The molecule has 0 aromatic heterocycles. The van der Waals surface area contributed by atoms with Crippen LogP contribution in [0.25, 0.3) is 0 Å². The van der Waals surface area contributed by atoms with Crippen LogP contribution in [0.4, 0.5) is 0 Å². The predicted octanol–water partition coefficient (Wildman–Crippen LogP) is 0.0971. The fourth-order valence-corrected chi connectivity index (χ4v) is 2.06. The Morgan fingerprint density at radius 3 is 2.57 bits per heavy atom. The molecule has 0 aliphatic heterocycles. The van der Waals surface area contributed by atoms with Gasteiger partial charge in [0.2, 0.25) is 5.91 Å². The first-order valence-corrected chi connectivity index (χ1v) is 5.33. The van der Waals surface area contributed by atoms with E-state index in [0.717, 1.165) is 12.8 Å². The number of amides is 1. The highest BCUT2D eigenvalue weighted by atomic mass is 16.3. The summed E-state index contributed by atoms with van der Waals surface area (Å²) in [6, 6.07) is -0.150. The van der Waals surface area contributed by atoms with Crippen LogP contribution in [0.15, 0.2) is 0 Å². The molecule has 0 spiro atoms. The van der Waals surface area contributed by atoms with E-state index in [1.165, 1.54) is 12.8 Å². The third-order valence-corrected chi connectivity index (χ3v) is 2.78. The zero-order chi connectivity index (χ0) is 10.6. The number of hydrogen-bond acceptors (Lipinski definition) is 3. The van der Waals surface area contributed by atoms with E-state index in [-0.39, 0.29) is 12.5 Å². The minimum absolute atomic E-state index is 0.0228. The second-order valence-corrected chi connectivity index (χ2v) is 3.98. The van der Waals surface area contributed by atoms with Crippen LogP contribution >= 0.6 is 0 Å². The maximum absolute atomic E-state index is 11.7. The van der Waals surface area contributed by atoms with Crippen molar-refractivity contribution >= 4 is 5.91 Å². The number of rotatable bonds is 4. The summed E-state index contributed by atoms with van der Waals surface area (Å²) in [5, 5.41) is 8.89. The van der Waals surface area contributed by atoms with Crippen LogP contribution in [0.2, 0.25) is 0 Å². The number of nitrogens with two attached hydrogens (primary N) is 1. The van der Waals surface area contributed by atoms with Crippen molar-refractivity contribution in [2.24, 2.45) is 5.73 Å². The van der Waals surface area contributed by atoms with E-state index in [4.69, 9.17) is 10.8 Å². The Labute approximate surface area is 85.1 Å². The van der Waals surface area contributed by atoms with E-state index < -0.39 is 6.04 Å². The van der Waals surface area contributed by atoms with Gasteiger partial charge in [-0.1, -0.05) is 12.8 Å². The van der Waals surface area contributed by atoms with Crippen molar-refractivity contribution in [3.05, 3.63) is 0 Å². The smallest absolute Gasteiger partial charge is 0.239 e. The summed E-state index contributed by atoms with van der Waals surface area (Å²) in [5.74, 6) is -0.0362. The largest absolute Gasteiger partial charge is 0.395 e. The van der Waals surface area contributed by atoms with Crippen molar-refractivity contribution in [1.29, 1.82) is 0 Å². The Hall–Kier alpha value is -0.610. The van der Waals surface area contributed by atoms with Crippen LogP contribution in [0.1, 0.15) is 32.6 Å². The summed E-state index contributed by atoms with van der Waals surface area (Å²) < 4.78 is 0. The first-order chi connectivity index (χ1) is 6.66. The van der Waals surface area contributed by atoms with Crippen molar-refractivity contribution < 1.29 is 9.90 Å². The second-order valence-electron chi connectivity index (χ2n) is 3.98. The molecule has 0 saturated heterocycles. The Morgan fingerprint density at radius 1 is 1.57 bits per heavy atom. The molecule has 1 fully saturated rings. The van der Waals surface area contributed by atoms with E-state index in [1.807, 2.05) is 0 Å². The van der Waals surface area contributed by atoms with E-state index in [0.29, 0.717) is 12.6 Å². The SMILES string of the molecule is C[C@H](N)C(=O)N(CCO)C1CCCC1. The molecule has 82 valence electrons. The molecule has 0 bridgehead atoms. The maximum Gasteiger partial charge on any atom is 0.239 e. The van der Waals surface area contributed by atoms with Crippen LogP contribution in [-0.4, -0.2) is 41.1 Å². The third-order valence-electron chi connectivity index (χ3n) is 2.78. The van der Waals surface area contributed by atoms with Gasteiger partial charge in [-0.25, -0.2) is 0 Å². The Balaban J connectivity index is 2.57. The third kappa shape index (κ3) is 2.69. The number of carbonyl (C=O) groups excluding carboxylic acids is 1. The van der Waals surface area contributed by atoms with Crippen molar-refractivity contribution in [3.63, 3.8) is 0 Å². The molecule has 4 heteroatoms. The van der Waals surface area contributed by atoms with Crippen LogP contribution < -0.4 is 5.73 Å². The summed E-state index contributed by atoms with van der Waals surface area (Å²) in [5.41, 5.74) is 5.56. The fourth-order valence-electron chi connectivity index (χ4n) is 2.06. The summed E-state index contributed by atoms with van der Waals surface area (Å²) in [7, 11) is 0. The average Bonchev–Trinajstić information content (AvgIpc) is 2.65. The molecule has 1 aliphatic carbocycles. The summed E-state index contributed by atoms with van der Waals surface area (Å²) in [6.07, 6.45) is 4.47. The average molecular weight is 200 g/mol. The lowest BCUT2D eigenvalue weighted by atomic mass is 10.2. The van der Waals surface area contributed by atoms with Gasteiger partial charge in [-0.3, -0.25) is 4.79 Å². The Kier molecular flexibility index (Phi) is 4.35. The number of aliphatic hydroxyl groups is 1. The van der Waals surface area contributed by atoms with Gasteiger partial charge in [0.05, 0.1) is 12.6 Å². The van der Waals surface area contributed by atoms with Gasteiger partial charge in [-0.15, -0.1) is 0 Å². The van der Waals surface area contributed by atoms with Crippen LogP contribution in [0, 0.1) is 0 Å². The molecular formula is C10H20N2O2. The Bertz CT molecular complexity index is 189. The molecule has 3 N–H and O–H groups in total. The summed E-state index contributed by atoms with van der Waals surface area (Å²) in [4.78, 5) is 13.5.